The van der Waals surface area contributed by atoms with E-state index in [9.17, 15) is 35.8 Å². The minimum Gasteiger partial charge on any atom is -0.473 e. The Morgan fingerprint density at radius 2 is 1.76 bits per heavy atom. The summed E-state index contributed by atoms with van der Waals surface area (Å²) in [4.78, 5) is 7.66. The van der Waals surface area contributed by atoms with Crippen molar-refractivity contribution in [2.75, 3.05) is 0 Å². The van der Waals surface area contributed by atoms with E-state index in [-0.39, 0.29) is 18.2 Å². The van der Waals surface area contributed by atoms with E-state index in [2.05, 4.69) is 25.5 Å². The smallest absolute Gasteiger partial charge is 0.417 e. The van der Waals surface area contributed by atoms with Crippen LogP contribution in [0.1, 0.15) is 22.4 Å². The molecule has 0 bridgehead atoms. The summed E-state index contributed by atoms with van der Waals surface area (Å²) in [5.74, 6) is -2.38. The number of hydrogen-bond donors (Lipinski definition) is 1. The number of tetrazole rings is 1. The monoisotopic (exact) mass is 528 g/mol. The van der Waals surface area contributed by atoms with Crippen LogP contribution in [0, 0.1) is 11.6 Å². The number of ether oxygens (including phenoxy) is 1. The molecule has 0 radical (unpaired) electrons. The highest BCUT2D eigenvalue weighted by Gasteiger charge is 2.51. The Morgan fingerprint density at radius 1 is 0.973 bits per heavy atom. The number of nitrogens with zero attached hydrogens (tertiary/aromatic N) is 6. The quantitative estimate of drug-likeness (QED) is 0.348. The first-order valence-corrected chi connectivity index (χ1v) is 10.3. The minimum absolute atomic E-state index is 0.124. The molecule has 3 heterocycles. The lowest BCUT2D eigenvalue weighted by Gasteiger charge is -2.37. The molecule has 0 aliphatic heterocycles. The number of aliphatic hydroxyl groups is 1. The fraction of sp³-hybridized carbons (Fsp3) is 0.227. The molecule has 0 aliphatic carbocycles. The summed E-state index contributed by atoms with van der Waals surface area (Å²) in [7, 11) is 0. The Bertz CT molecular complexity index is 1340. The number of benzene rings is 1. The van der Waals surface area contributed by atoms with Crippen LogP contribution >= 0.6 is 0 Å². The molecule has 8 nitrogen and oxygen atoms in total. The van der Waals surface area contributed by atoms with Crippen molar-refractivity contribution in [3.05, 3.63) is 95.2 Å². The highest BCUT2D eigenvalue weighted by molar-refractivity contribution is 5.39. The van der Waals surface area contributed by atoms with Crippen LogP contribution in [0.15, 0.2) is 61.2 Å². The highest BCUT2D eigenvalue weighted by Crippen LogP contribution is 2.39. The molecule has 1 N–H and O–H groups in total. The van der Waals surface area contributed by atoms with Crippen LogP contribution in [0.2, 0.25) is 0 Å². The molecule has 37 heavy (non-hydrogen) atoms. The average molecular weight is 528 g/mol. The zero-order chi connectivity index (χ0) is 26.8. The van der Waals surface area contributed by atoms with Crippen molar-refractivity contribution in [1.82, 2.24) is 30.2 Å². The molecule has 194 valence electrons. The molecule has 2 unspecified atom stereocenters. The third-order valence-corrected chi connectivity index (χ3v) is 5.38. The molecule has 15 heteroatoms. The predicted molar refractivity (Wildman–Crippen MR) is 110 cm³/mol. The maximum Gasteiger partial charge on any atom is 0.417 e. The second kappa shape index (κ2) is 10.1. The zero-order valence-corrected chi connectivity index (χ0v) is 18.3. The van der Waals surface area contributed by atoms with Crippen LogP contribution in [0.4, 0.5) is 30.7 Å². The molecule has 0 fully saturated rings. The number of alkyl halides is 5. The van der Waals surface area contributed by atoms with Gasteiger partial charge in [0.1, 0.15) is 30.7 Å². The van der Waals surface area contributed by atoms with E-state index in [1.54, 1.807) is 0 Å². The van der Waals surface area contributed by atoms with E-state index in [1.165, 1.54) is 12.1 Å². The predicted octanol–water partition coefficient (Wildman–Crippen LogP) is 3.76. The third kappa shape index (κ3) is 5.07. The summed E-state index contributed by atoms with van der Waals surface area (Å²) >= 11 is 0. The van der Waals surface area contributed by atoms with Crippen molar-refractivity contribution in [3.8, 4) is 5.88 Å². The Morgan fingerprint density at radius 3 is 2.30 bits per heavy atom. The molecule has 4 aromatic rings. The average Bonchev–Trinajstić information content (AvgIpc) is 3.40. The van der Waals surface area contributed by atoms with Gasteiger partial charge in [0.05, 0.1) is 11.3 Å². The molecule has 0 saturated heterocycles. The lowest BCUT2D eigenvalue weighted by Crippen LogP contribution is -2.52. The first-order chi connectivity index (χ1) is 17.5. The first kappa shape index (κ1) is 25.9. The van der Waals surface area contributed by atoms with Crippen LogP contribution < -0.4 is 4.74 Å². The van der Waals surface area contributed by atoms with E-state index < -0.39 is 47.0 Å². The van der Waals surface area contributed by atoms with Crippen LogP contribution in [0.5, 0.6) is 5.88 Å². The van der Waals surface area contributed by atoms with Crippen molar-refractivity contribution < 1.29 is 40.6 Å². The van der Waals surface area contributed by atoms with Crippen LogP contribution in [0.3, 0.4) is 0 Å². The summed E-state index contributed by atoms with van der Waals surface area (Å²) in [5, 5.41) is 21.0. The number of hydrogen-bond acceptors (Lipinski definition) is 7. The molecule has 0 amide bonds. The molecule has 2 atom stereocenters. The van der Waals surface area contributed by atoms with Crippen molar-refractivity contribution in [1.29, 1.82) is 0 Å². The number of aromatic nitrogens is 6. The normalized spacial score (nSPS) is 14.4. The number of rotatable bonds is 8. The number of aliphatic hydroxyl groups excluding tert-OH is 1. The van der Waals surface area contributed by atoms with E-state index in [1.807, 2.05) is 0 Å². The Balaban J connectivity index is 1.70. The van der Waals surface area contributed by atoms with Crippen molar-refractivity contribution in [2.24, 2.45) is 0 Å². The maximum absolute atomic E-state index is 14.9. The first-order valence-electron chi connectivity index (χ1n) is 10.3. The van der Waals surface area contributed by atoms with Gasteiger partial charge in [0.2, 0.25) is 5.88 Å². The summed E-state index contributed by atoms with van der Waals surface area (Å²) in [6, 6.07) is 6.45. The second-order valence-corrected chi connectivity index (χ2v) is 7.65. The van der Waals surface area contributed by atoms with Gasteiger partial charge in [-0.1, -0.05) is 12.1 Å². The maximum atomic E-state index is 14.9. The fourth-order valence-electron chi connectivity index (χ4n) is 3.65. The molecule has 0 spiro atoms. The molecular formula is C22H15F7N6O2. The summed E-state index contributed by atoms with van der Waals surface area (Å²) < 4.78 is 100. The third-order valence-electron chi connectivity index (χ3n) is 5.38. The van der Waals surface area contributed by atoms with Gasteiger partial charge in [0, 0.05) is 35.7 Å². The van der Waals surface area contributed by atoms with Crippen molar-refractivity contribution in [3.63, 3.8) is 0 Å². The van der Waals surface area contributed by atoms with Gasteiger partial charge in [-0.05, 0) is 28.6 Å². The lowest BCUT2D eigenvalue weighted by atomic mass is 9.80. The van der Waals surface area contributed by atoms with Crippen LogP contribution in [0.25, 0.3) is 0 Å². The molecule has 0 saturated carbocycles. The van der Waals surface area contributed by atoms with Gasteiger partial charge in [-0.15, -0.1) is 5.10 Å². The van der Waals surface area contributed by atoms with Gasteiger partial charge in [-0.3, -0.25) is 4.98 Å². The van der Waals surface area contributed by atoms with Crippen LogP contribution in [-0.4, -0.2) is 47.8 Å². The number of halogens is 7. The fourth-order valence-corrected chi connectivity index (χ4v) is 3.65. The zero-order valence-electron chi connectivity index (χ0n) is 18.3. The Hall–Kier alpha value is -4.14. The largest absolute Gasteiger partial charge is 0.473 e. The SMILES string of the molecule is OC(C(F)F)C(c1ccc(COc2ccc(C(F)(F)F)cn2)cn1)(c1ccc(F)cc1F)n1cnnn1. The van der Waals surface area contributed by atoms with Crippen molar-refractivity contribution >= 4 is 0 Å². The van der Waals surface area contributed by atoms with Gasteiger partial charge >= 0.3 is 6.18 Å². The van der Waals surface area contributed by atoms with E-state index in [0.717, 1.165) is 36.8 Å². The standard InChI is InChI=1S/C22H15F7N6O2/c23-14-3-4-15(16(24)7-14)21(19(36)20(25)26,35-11-32-33-34-35)17-5-1-12(8-30-17)10-37-18-6-2-13(9-31-18)22(27,28)29/h1-9,11,19-20,36H,10H2. The molecular weight excluding hydrogens is 513 g/mol. The highest BCUT2D eigenvalue weighted by atomic mass is 19.4. The lowest BCUT2D eigenvalue weighted by molar-refractivity contribution is -0.137. The van der Waals surface area contributed by atoms with E-state index in [0.29, 0.717) is 22.5 Å². The Labute approximate surface area is 203 Å². The topological polar surface area (TPSA) is 98.8 Å². The van der Waals surface area contributed by atoms with Crippen LogP contribution in [-0.2, 0) is 18.3 Å². The van der Waals surface area contributed by atoms with Crippen molar-refractivity contribution in [2.45, 2.75) is 30.9 Å². The molecule has 1 aromatic carbocycles. The van der Waals surface area contributed by atoms with Gasteiger partial charge in [0.15, 0.2) is 5.54 Å². The van der Waals surface area contributed by atoms with E-state index >= 15 is 0 Å². The van der Waals surface area contributed by atoms with Gasteiger partial charge in [-0.25, -0.2) is 27.2 Å². The van der Waals surface area contributed by atoms with Gasteiger partial charge < -0.3 is 9.84 Å². The summed E-state index contributed by atoms with van der Waals surface area (Å²) in [5.41, 5.74) is -4.06. The summed E-state index contributed by atoms with van der Waals surface area (Å²) in [6.45, 7) is -0.230. The van der Waals surface area contributed by atoms with E-state index in [4.69, 9.17) is 4.74 Å². The van der Waals surface area contributed by atoms with Gasteiger partial charge in [0.25, 0.3) is 6.43 Å². The second-order valence-electron chi connectivity index (χ2n) is 7.65. The van der Waals surface area contributed by atoms with Gasteiger partial charge in [-0.2, -0.15) is 13.2 Å². The Kier molecular flexibility index (Phi) is 7.07. The number of pyridine rings is 2. The minimum atomic E-state index is -4.57. The molecule has 4 rings (SSSR count). The molecule has 3 aromatic heterocycles. The summed E-state index contributed by atoms with van der Waals surface area (Å²) in [6.07, 6.45) is -8.03. The molecule has 0 aliphatic rings.